The van der Waals surface area contributed by atoms with Crippen LogP contribution in [0, 0.1) is 5.82 Å². The Kier molecular flexibility index (Phi) is 5.42. The largest absolute Gasteiger partial charge is 0.377 e. The summed E-state index contributed by atoms with van der Waals surface area (Å²) in [5.74, 6) is -0.0708. The third-order valence-corrected chi connectivity index (χ3v) is 6.18. The fraction of sp³-hybridized carbons (Fsp3) is 0.154. The number of imidazole rings is 1. The number of carbonyl (C=O) groups is 1. The number of ether oxygens (including phenoxy) is 1. The Bertz CT molecular complexity index is 1670. The van der Waals surface area contributed by atoms with Crippen LogP contribution in [0.1, 0.15) is 11.3 Å². The number of aromatic amines is 2. The average Bonchev–Trinajstić information content (AvgIpc) is 3.26. The summed E-state index contributed by atoms with van der Waals surface area (Å²) in [4.78, 5) is 31.7. The summed E-state index contributed by atoms with van der Waals surface area (Å²) in [6.45, 7) is 0.992. The van der Waals surface area contributed by atoms with Crippen molar-refractivity contribution < 1.29 is 13.9 Å². The van der Waals surface area contributed by atoms with Gasteiger partial charge in [-0.05, 0) is 41.5 Å². The molecule has 4 N–H and O–H groups in total. The molecule has 1 aliphatic heterocycles. The average molecular weight is 484 g/mol. The maximum atomic E-state index is 14.9. The van der Waals surface area contributed by atoms with E-state index in [-0.39, 0.29) is 23.4 Å². The van der Waals surface area contributed by atoms with Crippen molar-refractivity contribution in [3.63, 3.8) is 0 Å². The third kappa shape index (κ3) is 4.18. The summed E-state index contributed by atoms with van der Waals surface area (Å²) in [5, 5.41) is 13.6. The first-order valence-electron chi connectivity index (χ1n) is 11.4. The molecule has 9 nitrogen and oxygen atoms in total. The maximum absolute atomic E-state index is 14.9. The zero-order valence-corrected chi connectivity index (χ0v) is 19.0. The van der Waals surface area contributed by atoms with Crippen molar-refractivity contribution in [1.82, 2.24) is 25.5 Å². The number of hydrogen-bond donors (Lipinski definition) is 4. The van der Waals surface area contributed by atoms with Gasteiger partial charge in [-0.25, -0.2) is 19.3 Å². The van der Waals surface area contributed by atoms with Gasteiger partial charge in [0, 0.05) is 17.4 Å². The lowest BCUT2D eigenvalue weighted by Crippen LogP contribution is -2.50. The highest BCUT2D eigenvalue weighted by atomic mass is 19.1. The van der Waals surface area contributed by atoms with Gasteiger partial charge < -0.3 is 15.0 Å². The molecule has 0 unspecified atom stereocenters. The van der Waals surface area contributed by atoms with E-state index >= 15 is 0 Å². The normalized spacial score (nSPS) is 13.6. The molecule has 0 radical (unpaired) electrons. The fourth-order valence-corrected chi connectivity index (χ4v) is 4.28. The van der Waals surface area contributed by atoms with E-state index < -0.39 is 0 Å². The van der Waals surface area contributed by atoms with Crippen molar-refractivity contribution in [2.24, 2.45) is 0 Å². The molecule has 10 heteroatoms. The molecular weight excluding hydrogens is 463 g/mol. The van der Waals surface area contributed by atoms with Crippen molar-refractivity contribution in [3.8, 4) is 11.1 Å². The van der Waals surface area contributed by atoms with E-state index in [4.69, 9.17) is 4.74 Å². The van der Waals surface area contributed by atoms with Crippen LogP contribution in [0.15, 0.2) is 65.5 Å². The number of rotatable bonds is 5. The minimum Gasteiger partial charge on any atom is -0.377 e. The Hall–Kier alpha value is -4.57. The Morgan fingerprint density at radius 2 is 1.92 bits per heavy atom. The second-order valence-corrected chi connectivity index (χ2v) is 8.69. The third-order valence-electron chi connectivity index (χ3n) is 6.18. The smallest absolute Gasteiger partial charge is 0.321 e. The van der Waals surface area contributed by atoms with Crippen LogP contribution in [0.4, 0.5) is 15.1 Å². The van der Waals surface area contributed by atoms with Crippen LogP contribution in [0.25, 0.3) is 32.9 Å². The van der Waals surface area contributed by atoms with Gasteiger partial charge in [-0.1, -0.05) is 30.3 Å². The highest BCUT2D eigenvalue weighted by Gasteiger charge is 2.21. The number of benzene rings is 3. The van der Waals surface area contributed by atoms with Crippen LogP contribution in [0.5, 0.6) is 0 Å². The first-order valence-corrected chi connectivity index (χ1v) is 11.4. The molecule has 0 aliphatic carbocycles. The van der Waals surface area contributed by atoms with Crippen molar-refractivity contribution in [2.75, 3.05) is 18.5 Å². The standard InChI is InChI=1S/C26H21FN6O3/c27-20-7-5-14(10-22-17-3-1-2-4-18(17)24(34)33-32-22)9-19(20)15-6-8-21-23(11-15)30-25(29-21)31-26(35)28-16-12-36-13-16/h1-9,11,16H,10,12-13H2,(H,33,34)(H3,28,29,30,31,35). The topological polar surface area (TPSA) is 125 Å². The Labute approximate surface area is 203 Å². The zero-order chi connectivity index (χ0) is 24.6. The molecule has 1 aliphatic rings. The van der Waals surface area contributed by atoms with E-state index in [1.54, 1.807) is 42.5 Å². The Morgan fingerprint density at radius 3 is 2.72 bits per heavy atom. The quantitative estimate of drug-likeness (QED) is 0.303. The fourth-order valence-electron chi connectivity index (χ4n) is 4.28. The van der Waals surface area contributed by atoms with E-state index in [9.17, 15) is 14.0 Å². The number of amides is 2. The summed E-state index contributed by atoms with van der Waals surface area (Å²) in [6.07, 6.45) is 0.421. The van der Waals surface area contributed by atoms with Gasteiger partial charge in [0.2, 0.25) is 5.95 Å². The highest BCUT2D eigenvalue weighted by molar-refractivity contribution is 5.91. The number of anilines is 1. The molecule has 1 saturated heterocycles. The summed E-state index contributed by atoms with van der Waals surface area (Å²) >= 11 is 0. The van der Waals surface area contributed by atoms with E-state index in [2.05, 4.69) is 30.8 Å². The summed E-state index contributed by atoms with van der Waals surface area (Å²) in [6, 6.07) is 17.2. The second kappa shape index (κ2) is 8.90. The molecule has 180 valence electrons. The molecule has 2 amide bonds. The molecule has 0 saturated carbocycles. The SMILES string of the molecule is O=C(Nc1nc2cc(-c3cc(Cc4n[nH]c(=O)c5ccccc45)ccc3F)ccc2[nH]1)NC1COC1. The molecular formula is C26H21FN6O3. The van der Waals surface area contributed by atoms with Gasteiger partial charge in [0.25, 0.3) is 5.56 Å². The van der Waals surface area contributed by atoms with Crippen molar-refractivity contribution in [3.05, 3.63) is 88.1 Å². The first-order chi connectivity index (χ1) is 17.5. The number of aromatic nitrogens is 4. The lowest BCUT2D eigenvalue weighted by Gasteiger charge is -2.26. The van der Waals surface area contributed by atoms with Crippen LogP contribution in [0.2, 0.25) is 0 Å². The van der Waals surface area contributed by atoms with E-state index in [1.165, 1.54) is 6.07 Å². The molecule has 0 atom stereocenters. The van der Waals surface area contributed by atoms with Crippen molar-refractivity contribution in [2.45, 2.75) is 12.5 Å². The Balaban J connectivity index is 1.28. The van der Waals surface area contributed by atoms with Crippen LogP contribution in [-0.4, -0.2) is 45.5 Å². The van der Waals surface area contributed by atoms with Crippen molar-refractivity contribution >= 4 is 33.8 Å². The minimum absolute atomic E-state index is 0.000514. The molecule has 6 rings (SSSR count). The number of carbonyl (C=O) groups excluding carboxylic acids is 1. The van der Waals surface area contributed by atoms with Gasteiger partial charge in [-0.2, -0.15) is 5.10 Å². The summed E-state index contributed by atoms with van der Waals surface area (Å²) in [7, 11) is 0. The number of H-pyrrole nitrogens is 2. The van der Waals surface area contributed by atoms with Gasteiger partial charge in [0.15, 0.2) is 0 Å². The van der Waals surface area contributed by atoms with Crippen LogP contribution >= 0.6 is 0 Å². The van der Waals surface area contributed by atoms with E-state index in [0.29, 0.717) is 58.8 Å². The van der Waals surface area contributed by atoms with E-state index in [0.717, 1.165) is 10.9 Å². The van der Waals surface area contributed by atoms with Gasteiger partial charge >= 0.3 is 6.03 Å². The Morgan fingerprint density at radius 1 is 1.08 bits per heavy atom. The molecule has 36 heavy (non-hydrogen) atoms. The predicted molar refractivity (Wildman–Crippen MR) is 133 cm³/mol. The first kappa shape index (κ1) is 21.9. The maximum Gasteiger partial charge on any atom is 0.321 e. The number of fused-ring (bicyclic) bond motifs is 2. The summed E-state index contributed by atoms with van der Waals surface area (Å²) in [5.41, 5.74) is 3.67. The highest BCUT2D eigenvalue weighted by Crippen LogP contribution is 2.28. The van der Waals surface area contributed by atoms with Gasteiger partial charge in [-0.15, -0.1) is 0 Å². The van der Waals surface area contributed by atoms with E-state index in [1.807, 2.05) is 12.1 Å². The molecule has 5 aromatic rings. The van der Waals surface area contributed by atoms with Crippen LogP contribution in [0.3, 0.4) is 0 Å². The van der Waals surface area contributed by atoms with Crippen LogP contribution in [-0.2, 0) is 11.2 Å². The predicted octanol–water partition coefficient (Wildman–Crippen LogP) is 3.72. The molecule has 3 heterocycles. The summed E-state index contributed by atoms with van der Waals surface area (Å²) < 4.78 is 19.9. The lowest BCUT2D eigenvalue weighted by molar-refractivity contribution is 0.000727. The minimum atomic E-state index is -0.371. The van der Waals surface area contributed by atoms with Crippen LogP contribution < -0.4 is 16.2 Å². The molecule has 1 fully saturated rings. The van der Waals surface area contributed by atoms with Gasteiger partial charge in [0.05, 0.1) is 41.4 Å². The number of halogens is 1. The van der Waals surface area contributed by atoms with Crippen molar-refractivity contribution in [1.29, 1.82) is 0 Å². The molecule has 2 aromatic heterocycles. The number of nitrogens with zero attached hydrogens (tertiary/aromatic N) is 2. The lowest BCUT2D eigenvalue weighted by atomic mass is 9.98. The monoisotopic (exact) mass is 484 g/mol. The number of urea groups is 1. The van der Waals surface area contributed by atoms with Gasteiger partial charge in [-0.3, -0.25) is 10.1 Å². The molecule has 3 aromatic carbocycles. The molecule has 0 spiro atoms. The number of nitrogens with one attached hydrogen (secondary N) is 4. The number of hydrogen-bond acceptors (Lipinski definition) is 5. The second-order valence-electron chi connectivity index (χ2n) is 8.69. The van der Waals surface area contributed by atoms with Gasteiger partial charge in [0.1, 0.15) is 5.82 Å². The zero-order valence-electron chi connectivity index (χ0n) is 19.0. The molecule has 0 bridgehead atoms.